The Morgan fingerprint density at radius 3 is 2.25 bits per heavy atom. The molecule has 0 aromatic heterocycles. The molecule has 45 valence electrons. The van der Waals surface area contributed by atoms with E-state index in [2.05, 4.69) is 6.58 Å². The molecule has 0 aliphatic carbocycles. The van der Waals surface area contributed by atoms with Crippen LogP contribution in [-0.2, 0) is 9.90 Å². The van der Waals surface area contributed by atoms with E-state index in [-0.39, 0.29) is 5.57 Å². The highest BCUT2D eigenvalue weighted by molar-refractivity contribution is 5.85. The third kappa shape index (κ3) is 2.39. The van der Waals surface area contributed by atoms with Crippen LogP contribution >= 0.6 is 0 Å². The Kier molecular flexibility index (Phi) is 2.92. The molecule has 0 aromatic carbocycles. The molecule has 2 nitrogen and oxygen atoms in total. The van der Waals surface area contributed by atoms with Crippen molar-refractivity contribution in [3.8, 4) is 0 Å². The van der Waals surface area contributed by atoms with Crippen molar-refractivity contribution >= 4 is 5.97 Å². The second kappa shape index (κ2) is 3.24. The summed E-state index contributed by atoms with van der Waals surface area (Å²) in [6.07, 6.45) is 1.34. The summed E-state index contributed by atoms with van der Waals surface area (Å²) < 4.78 is 0. The van der Waals surface area contributed by atoms with Gasteiger partial charge < -0.3 is 0 Å². The van der Waals surface area contributed by atoms with Crippen molar-refractivity contribution in [2.24, 2.45) is 0 Å². The van der Waals surface area contributed by atoms with Crippen LogP contribution < -0.4 is 0 Å². The van der Waals surface area contributed by atoms with Gasteiger partial charge in [-0.05, 0) is 6.42 Å². The van der Waals surface area contributed by atoms with E-state index in [0.29, 0.717) is 6.42 Å². The van der Waals surface area contributed by atoms with Crippen molar-refractivity contribution in [1.29, 1.82) is 0 Å². The van der Waals surface area contributed by atoms with Gasteiger partial charge in [0.05, 0.1) is 0 Å². The Balaban J connectivity index is 3.49. The average Bonchev–Trinajstić information content (AvgIpc) is 1.67. The zero-order valence-electron chi connectivity index (χ0n) is 4.94. The summed E-state index contributed by atoms with van der Waals surface area (Å²) in [4.78, 5) is 9.88. The molecule has 0 aliphatic heterocycles. The Morgan fingerprint density at radius 1 is 1.62 bits per heavy atom. The predicted octanol–water partition coefficient (Wildman–Crippen LogP) is 1.30. The molecule has 0 fully saturated rings. The van der Waals surface area contributed by atoms with Crippen LogP contribution in [0.25, 0.3) is 0 Å². The maximum atomic E-state index is 9.88. The maximum absolute atomic E-state index is 9.88. The summed E-state index contributed by atoms with van der Waals surface area (Å²) in [5, 5.41) is 9.88. The number of hydrogen-bond donors (Lipinski definition) is 0. The van der Waals surface area contributed by atoms with Crippen LogP contribution in [0, 0.1) is 0 Å². The smallest absolute Gasteiger partial charge is 0.242 e. The normalized spacial score (nSPS) is 8.62. The Morgan fingerprint density at radius 2 is 2.12 bits per heavy atom. The molecule has 0 unspecified atom stereocenters. The molecular formula is C6H9O2. The largest absolute Gasteiger partial charge is 0.381 e. The summed E-state index contributed by atoms with van der Waals surface area (Å²) in [6.45, 7) is 5.18. The van der Waals surface area contributed by atoms with Gasteiger partial charge in [-0.15, -0.1) is 0 Å². The first-order chi connectivity index (χ1) is 3.68. The molecule has 0 spiro atoms. The van der Waals surface area contributed by atoms with E-state index >= 15 is 0 Å². The molecule has 2 heteroatoms. The molecule has 0 aromatic rings. The van der Waals surface area contributed by atoms with E-state index in [4.69, 9.17) is 0 Å². The molecule has 0 saturated heterocycles. The van der Waals surface area contributed by atoms with Crippen LogP contribution in [0.3, 0.4) is 0 Å². The predicted molar refractivity (Wildman–Crippen MR) is 29.7 cm³/mol. The number of carbonyl (C=O) groups excluding carboxylic acids is 1. The van der Waals surface area contributed by atoms with Crippen LogP contribution in [0.15, 0.2) is 12.2 Å². The van der Waals surface area contributed by atoms with E-state index in [1.54, 1.807) is 0 Å². The van der Waals surface area contributed by atoms with E-state index in [0.717, 1.165) is 6.42 Å². The lowest BCUT2D eigenvalue weighted by molar-refractivity contribution is -0.138. The summed E-state index contributed by atoms with van der Waals surface area (Å²) in [6, 6.07) is 0. The van der Waals surface area contributed by atoms with Crippen LogP contribution in [0.1, 0.15) is 19.8 Å². The minimum Gasteiger partial charge on any atom is -0.242 e. The van der Waals surface area contributed by atoms with Crippen molar-refractivity contribution in [3.05, 3.63) is 12.2 Å². The van der Waals surface area contributed by atoms with Gasteiger partial charge in [-0.1, -0.05) is 19.9 Å². The lowest BCUT2D eigenvalue weighted by atomic mass is 10.2. The molecule has 0 aliphatic rings. The fourth-order valence-electron chi connectivity index (χ4n) is 0.404. The van der Waals surface area contributed by atoms with Gasteiger partial charge in [0.15, 0.2) is 0 Å². The van der Waals surface area contributed by atoms with Crippen molar-refractivity contribution in [1.82, 2.24) is 0 Å². The van der Waals surface area contributed by atoms with E-state index in [9.17, 15) is 9.90 Å². The van der Waals surface area contributed by atoms with Gasteiger partial charge in [0.2, 0.25) is 0 Å². The molecule has 0 saturated carbocycles. The van der Waals surface area contributed by atoms with Gasteiger partial charge in [0, 0.05) is 5.57 Å². The zero-order valence-corrected chi connectivity index (χ0v) is 4.94. The fraction of sp³-hybridized carbons (Fsp3) is 0.500. The highest BCUT2D eigenvalue weighted by Gasteiger charge is 2.02. The molecule has 0 bridgehead atoms. The van der Waals surface area contributed by atoms with Crippen molar-refractivity contribution in [2.75, 3.05) is 0 Å². The van der Waals surface area contributed by atoms with E-state index in [1.165, 1.54) is 0 Å². The third-order valence-electron chi connectivity index (χ3n) is 0.840. The average molecular weight is 113 g/mol. The highest BCUT2D eigenvalue weighted by atomic mass is 16.4. The summed E-state index contributed by atoms with van der Waals surface area (Å²) in [7, 11) is 0. The van der Waals surface area contributed by atoms with Gasteiger partial charge in [0.25, 0.3) is 0 Å². The minimum absolute atomic E-state index is 0.188. The van der Waals surface area contributed by atoms with Gasteiger partial charge in [0.1, 0.15) is 0 Å². The molecule has 0 N–H and O–H groups in total. The fourth-order valence-corrected chi connectivity index (χ4v) is 0.404. The topological polar surface area (TPSA) is 37.0 Å². The first-order valence-electron chi connectivity index (χ1n) is 2.57. The first-order valence-corrected chi connectivity index (χ1v) is 2.57. The van der Waals surface area contributed by atoms with Gasteiger partial charge in [-0.3, -0.25) is 0 Å². The third-order valence-corrected chi connectivity index (χ3v) is 0.840. The summed E-state index contributed by atoms with van der Waals surface area (Å²) in [5.41, 5.74) is 0.188. The number of rotatable bonds is 3. The monoisotopic (exact) mass is 113 g/mol. The lowest BCUT2D eigenvalue weighted by Crippen LogP contribution is -1.95. The van der Waals surface area contributed by atoms with Gasteiger partial charge in [-0.2, -0.15) is 0 Å². The van der Waals surface area contributed by atoms with Crippen LogP contribution in [-0.4, -0.2) is 5.97 Å². The molecular weight excluding hydrogens is 104 g/mol. The van der Waals surface area contributed by atoms with Crippen molar-refractivity contribution in [2.45, 2.75) is 19.8 Å². The molecule has 0 atom stereocenters. The van der Waals surface area contributed by atoms with E-state index < -0.39 is 5.97 Å². The number of carbonyl (C=O) groups is 1. The SMILES string of the molecule is C=C(CCC)C([O])=O. The van der Waals surface area contributed by atoms with Gasteiger partial charge >= 0.3 is 5.97 Å². The first kappa shape index (κ1) is 7.21. The Labute approximate surface area is 48.8 Å². The molecule has 0 heterocycles. The molecule has 1 radical (unpaired) electrons. The Bertz CT molecular complexity index is 105. The molecule has 0 rings (SSSR count). The van der Waals surface area contributed by atoms with Crippen LogP contribution in [0.2, 0.25) is 0 Å². The van der Waals surface area contributed by atoms with Crippen LogP contribution in [0.4, 0.5) is 0 Å². The molecule has 8 heavy (non-hydrogen) atoms. The van der Waals surface area contributed by atoms with Crippen molar-refractivity contribution < 1.29 is 9.90 Å². The summed E-state index contributed by atoms with van der Waals surface area (Å²) in [5.74, 6) is -1.13. The molecule has 0 amide bonds. The van der Waals surface area contributed by atoms with Gasteiger partial charge in [-0.25, -0.2) is 9.90 Å². The summed E-state index contributed by atoms with van der Waals surface area (Å²) >= 11 is 0. The quantitative estimate of drug-likeness (QED) is 0.508. The van der Waals surface area contributed by atoms with Crippen LogP contribution in [0.5, 0.6) is 0 Å². The minimum atomic E-state index is -1.13. The standard InChI is InChI=1S/C6H9O2/c1-3-4-5(2)6(7)8/h2-4H2,1H3. The zero-order chi connectivity index (χ0) is 6.57. The Hall–Kier alpha value is -0.790. The van der Waals surface area contributed by atoms with E-state index in [1.807, 2.05) is 6.92 Å². The second-order valence-corrected chi connectivity index (χ2v) is 1.64. The second-order valence-electron chi connectivity index (χ2n) is 1.64. The highest BCUT2D eigenvalue weighted by Crippen LogP contribution is 2.00. The maximum Gasteiger partial charge on any atom is 0.381 e. The number of hydrogen-bond acceptors (Lipinski definition) is 1. The lowest BCUT2D eigenvalue weighted by Gasteiger charge is -1.89. The van der Waals surface area contributed by atoms with Crippen molar-refractivity contribution in [3.63, 3.8) is 0 Å².